The van der Waals surface area contributed by atoms with E-state index in [9.17, 15) is 14.4 Å². The first-order valence-corrected chi connectivity index (χ1v) is 11.8. The largest absolute Gasteiger partial charge is 0.493 e. The minimum absolute atomic E-state index is 0.0303. The van der Waals surface area contributed by atoms with Gasteiger partial charge in [0, 0.05) is 25.6 Å². The van der Waals surface area contributed by atoms with Gasteiger partial charge in [-0.25, -0.2) is 4.79 Å². The van der Waals surface area contributed by atoms with Crippen LogP contribution in [0.2, 0.25) is 0 Å². The summed E-state index contributed by atoms with van der Waals surface area (Å²) >= 11 is 0. The van der Waals surface area contributed by atoms with Gasteiger partial charge in [0.25, 0.3) is 5.56 Å². The molecule has 0 atom stereocenters. The zero-order valence-corrected chi connectivity index (χ0v) is 21.1. The molecule has 0 saturated carbocycles. The maximum Gasteiger partial charge on any atom is 0.328 e. The SMILES string of the molecule is COc1ccc(CCNC(=O)CCCCCn2c(=O)[nH]c3cc(OC)c(OC)cc3c2=O)cc1OC. The van der Waals surface area contributed by atoms with Gasteiger partial charge < -0.3 is 29.2 Å². The number of carbonyl (C=O) groups excluding carboxylic acids is 1. The Morgan fingerprint density at radius 2 is 1.53 bits per heavy atom. The highest BCUT2D eigenvalue weighted by molar-refractivity contribution is 5.81. The number of hydrogen-bond acceptors (Lipinski definition) is 7. The molecule has 0 radical (unpaired) electrons. The van der Waals surface area contributed by atoms with Crippen molar-refractivity contribution < 1.29 is 23.7 Å². The summed E-state index contributed by atoms with van der Waals surface area (Å²) in [7, 11) is 6.15. The normalized spacial score (nSPS) is 10.8. The number of methoxy groups -OCH3 is 4. The summed E-state index contributed by atoms with van der Waals surface area (Å²) in [5, 5.41) is 3.27. The molecule has 3 aromatic rings. The average Bonchev–Trinajstić information content (AvgIpc) is 2.89. The standard InChI is InChI=1S/C26H33N3O7/c1-33-20-10-9-17(14-21(20)34-2)11-12-27-24(30)8-6-5-7-13-29-25(31)18-15-22(35-3)23(36-4)16-19(18)28-26(29)32/h9-10,14-16H,5-8,11-13H2,1-4H3,(H,27,30)(H,28,32). The van der Waals surface area contributed by atoms with Crippen molar-refractivity contribution in [3.05, 3.63) is 56.7 Å². The van der Waals surface area contributed by atoms with E-state index < -0.39 is 5.69 Å². The molecule has 1 amide bonds. The zero-order valence-electron chi connectivity index (χ0n) is 21.1. The molecule has 0 aliphatic rings. The molecule has 1 heterocycles. The number of aromatic amines is 1. The van der Waals surface area contributed by atoms with E-state index in [1.807, 2.05) is 18.2 Å². The van der Waals surface area contributed by atoms with Gasteiger partial charge in [-0.1, -0.05) is 12.5 Å². The van der Waals surface area contributed by atoms with Crippen LogP contribution < -0.4 is 35.5 Å². The summed E-state index contributed by atoms with van der Waals surface area (Å²) in [5.41, 5.74) is 0.564. The topological polar surface area (TPSA) is 121 Å². The molecule has 0 bridgehead atoms. The number of unbranched alkanes of at least 4 members (excludes halogenated alkanes) is 2. The summed E-state index contributed by atoms with van der Waals surface area (Å²) in [6.07, 6.45) is 3.02. The van der Waals surface area contributed by atoms with Crippen LogP contribution in [-0.2, 0) is 17.8 Å². The van der Waals surface area contributed by atoms with Crippen molar-refractivity contribution in [1.29, 1.82) is 0 Å². The van der Waals surface area contributed by atoms with Crippen LogP contribution >= 0.6 is 0 Å². The molecule has 194 valence electrons. The van der Waals surface area contributed by atoms with Gasteiger partial charge in [-0.05, 0) is 43.0 Å². The van der Waals surface area contributed by atoms with Gasteiger partial charge in [0.05, 0.1) is 39.3 Å². The van der Waals surface area contributed by atoms with Crippen LogP contribution in [0.25, 0.3) is 10.9 Å². The summed E-state index contributed by atoms with van der Waals surface area (Å²) < 4.78 is 22.2. The Morgan fingerprint density at radius 1 is 0.861 bits per heavy atom. The second kappa shape index (κ2) is 12.7. The fourth-order valence-electron chi connectivity index (χ4n) is 3.99. The number of hydrogen-bond donors (Lipinski definition) is 2. The maximum atomic E-state index is 12.9. The van der Waals surface area contributed by atoms with Crippen molar-refractivity contribution >= 4 is 16.8 Å². The number of carbonyl (C=O) groups is 1. The van der Waals surface area contributed by atoms with E-state index in [-0.39, 0.29) is 18.0 Å². The van der Waals surface area contributed by atoms with Crippen molar-refractivity contribution in [2.75, 3.05) is 35.0 Å². The highest BCUT2D eigenvalue weighted by atomic mass is 16.5. The number of amides is 1. The van der Waals surface area contributed by atoms with E-state index in [0.717, 1.165) is 5.56 Å². The first kappa shape index (κ1) is 26.7. The molecule has 0 aliphatic heterocycles. The van der Waals surface area contributed by atoms with Crippen LogP contribution in [0.3, 0.4) is 0 Å². The molecule has 1 aromatic heterocycles. The number of benzene rings is 2. The molecule has 0 spiro atoms. The van der Waals surface area contributed by atoms with Crippen LogP contribution in [0.5, 0.6) is 23.0 Å². The fraction of sp³-hybridized carbons (Fsp3) is 0.423. The lowest BCUT2D eigenvalue weighted by Crippen LogP contribution is -2.35. The number of rotatable bonds is 13. The van der Waals surface area contributed by atoms with Crippen molar-refractivity contribution in [2.45, 2.75) is 38.6 Å². The van der Waals surface area contributed by atoms with Gasteiger partial charge in [-0.2, -0.15) is 0 Å². The molecular formula is C26H33N3O7. The van der Waals surface area contributed by atoms with Crippen LogP contribution in [0.15, 0.2) is 39.9 Å². The average molecular weight is 500 g/mol. The minimum Gasteiger partial charge on any atom is -0.493 e. The molecule has 2 N–H and O–H groups in total. The Morgan fingerprint density at radius 3 is 2.22 bits per heavy atom. The molecular weight excluding hydrogens is 466 g/mol. The first-order valence-electron chi connectivity index (χ1n) is 11.8. The van der Waals surface area contributed by atoms with Crippen LogP contribution in [0.4, 0.5) is 0 Å². The molecule has 2 aromatic carbocycles. The first-order chi connectivity index (χ1) is 17.4. The number of fused-ring (bicyclic) bond motifs is 1. The van der Waals surface area contributed by atoms with Crippen molar-refractivity contribution in [3.63, 3.8) is 0 Å². The van der Waals surface area contributed by atoms with Crippen molar-refractivity contribution in [2.24, 2.45) is 0 Å². The number of aromatic nitrogens is 2. The van der Waals surface area contributed by atoms with Crippen LogP contribution in [-0.4, -0.2) is 50.4 Å². The van der Waals surface area contributed by atoms with E-state index >= 15 is 0 Å². The van der Waals surface area contributed by atoms with E-state index in [1.165, 1.54) is 18.8 Å². The van der Waals surface area contributed by atoms with E-state index in [4.69, 9.17) is 18.9 Å². The third-order valence-electron chi connectivity index (χ3n) is 5.96. The molecule has 3 rings (SSSR count). The molecule has 0 aliphatic carbocycles. The molecule has 0 fully saturated rings. The number of ether oxygens (including phenoxy) is 4. The van der Waals surface area contributed by atoms with Gasteiger partial charge in [0.15, 0.2) is 23.0 Å². The highest BCUT2D eigenvalue weighted by Gasteiger charge is 2.13. The lowest BCUT2D eigenvalue weighted by molar-refractivity contribution is -0.121. The Hall–Kier alpha value is -3.95. The lowest BCUT2D eigenvalue weighted by atomic mass is 10.1. The number of nitrogens with one attached hydrogen (secondary N) is 2. The summed E-state index contributed by atoms with van der Waals surface area (Å²) in [6, 6.07) is 8.82. The van der Waals surface area contributed by atoms with Crippen molar-refractivity contribution in [3.8, 4) is 23.0 Å². The number of H-pyrrole nitrogens is 1. The van der Waals surface area contributed by atoms with Crippen molar-refractivity contribution in [1.82, 2.24) is 14.9 Å². The Balaban J connectivity index is 1.46. The zero-order chi connectivity index (χ0) is 26.1. The third-order valence-corrected chi connectivity index (χ3v) is 5.96. The predicted molar refractivity (Wildman–Crippen MR) is 137 cm³/mol. The van der Waals surface area contributed by atoms with Gasteiger partial charge in [-0.3, -0.25) is 14.2 Å². The predicted octanol–water partition coefficient (Wildman–Crippen LogP) is 2.64. The molecule has 36 heavy (non-hydrogen) atoms. The third kappa shape index (κ3) is 6.38. The van der Waals surface area contributed by atoms with Gasteiger partial charge in [0.1, 0.15) is 0 Å². The molecule has 10 nitrogen and oxygen atoms in total. The monoisotopic (exact) mass is 499 g/mol. The maximum absolute atomic E-state index is 12.9. The second-order valence-corrected chi connectivity index (χ2v) is 8.24. The van der Waals surface area contributed by atoms with E-state index in [0.29, 0.717) is 72.5 Å². The summed E-state index contributed by atoms with van der Waals surface area (Å²) in [6.45, 7) is 0.782. The molecule has 0 saturated heterocycles. The van der Waals surface area contributed by atoms with Gasteiger partial charge >= 0.3 is 5.69 Å². The van der Waals surface area contributed by atoms with E-state index in [1.54, 1.807) is 26.4 Å². The molecule has 0 unspecified atom stereocenters. The lowest BCUT2D eigenvalue weighted by Gasteiger charge is -2.11. The van der Waals surface area contributed by atoms with Crippen LogP contribution in [0, 0.1) is 0 Å². The number of nitrogens with zero attached hydrogens (tertiary/aromatic N) is 1. The Bertz CT molecular complexity index is 1310. The molecule has 10 heteroatoms. The van der Waals surface area contributed by atoms with Crippen LogP contribution in [0.1, 0.15) is 31.2 Å². The van der Waals surface area contributed by atoms with Gasteiger partial charge in [-0.15, -0.1) is 0 Å². The Labute approximate surface area is 209 Å². The Kier molecular flexibility index (Phi) is 9.38. The fourth-order valence-corrected chi connectivity index (χ4v) is 3.99. The second-order valence-electron chi connectivity index (χ2n) is 8.24. The quantitative estimate of drug-likeness (QED) is 0.347. The highest BCUT2D eigenvalue weighted by Crippen LogP contribution is 2.29. The van der Waals surface area contributed by atoms with E-state index in [2.05, 4.69) is 10.3 Å². The minimum atomic E-state index is -0.479. The summed E-state index contributed by atoms with van der Waals surface area (Å²) in [5.74, 6) is 2.14. The van der Waals surface area contributed by atoms with Gasteiger partial charge in [0.2, 0.25) is 5.91 Å². The smallest absolute Gasteiger partial charge is 0.328 e. The summed E-state index contributed by atoms with van der Waals surface area (Å²) in [4.78, 5) is 40.2.